The third-order valence-corrected chi connectivity index (χ3v) is 7.78. The first-order valence-electron chi connectivity index (χ1n) is 13.1. The molecule has 0 radical (unpaired) electrons. The molecule has 2 aromatic heterocycles. The summed E-state index contributed by atoms with van der Waals surface area (Å²) in [6.45, 7) is 9.89. The number of hydrogen-bond donors (Lipinski definition) is 1. The van der Waals surface area contributed by atoms with Gasteiger partial charge in [-0.1, -0.05) is 31.2 Å². The minimum atomic E-state index is -0.289. The Hall–Kier alpha value is -3.75. The first-order valence-corrected chi connectivity index (χ1v) is 14.0. The number of likely N-dealkylation sites (N-methyl/N-ethyl adjacent to an activating group) is 1. The van der Waals surface area contributed by atoms with Crippen LogP contribution in [0.1, 0.15) is 35.3 Å². The van der Waals surface area contributed by atoms with E-state index < -0.39 is 0 Å². The number of aromatic nitrogens is 2. The zero-order chi connectivity index (χ0) is 26.3. The number of anilines is 3. The van der Waals surface area contributed by atoms with E-state index in [0.717, 1.165) is 65.6 Å². The number of allylic oxidation sites excluding steroid dienone is 1. The summed E-state index contributed by atoms with van der Waals surface area (Å²) in [5.74, 6) is 0.523. The molecular formula is C30H33N5O2S. The second-order valence-electron chi connectivity index (χ2n) is 9.21. The van der Waals surface area contributed by atoms with Crippen molar-refractivity contribution < 1.29 is 9.53 Å². The van der Waals surface area contributed by atoms with E-state index in [1.807, 2.05) is 25.1 Å². The van der Waals surface area contributed by atoms with Crippen molar-refractivity contribution in [1.29, 1.82) is 0 Å². The molecule has 0 amide bonds. The van der Waals surface area contributed by atoms with Gasteiger partial charge in [-0.05, 0) is 61.9 Å². The molecule has 196 valence electrons. The maximum absolute atomic E-state index is 12.0. The minimum Gasteiger partial charge on any atom is -0.462 e. The molecule has 0 aliphatic carbocycles. The summed E-state index contributed by atoms with van der Waals surface area (Å²) in [6, 6.07) is 16.2. The Labute approximate surface area is 227 Å². The quantitative estimate of drug-likeness (QED) is 0.267. The van der Waals surface area contributed by atoms with Gasteiger partial charge < -0.3 is 19.9 Å². The molecule has 1 aliphatic rings. The van der Waals surface area contributed by atoms with Crippen molar-refractivity contribution >= 4 is 50.8 Å². The number of thiophene rings is 1. The molecule has 2 aromatic carbocycles. The van der Waals surface area contributed by atoms with Crippen molar-refractivity contribution in [2.45, 2.75) is 20.3 Å². The van der Waals surface area contributed by atoms with Crippen LogP contribution in [0.2, 0.25) is 0 Å². The highest BCUT2D eigenvalue weighted by molar-refractivity contribution is 7.18. The molecule has 1 N–H and O–H groups in total. The molecule has 0 unspecified atom stereocenters. The standard InChI is InChI=1S/C30H33N5O2S/c1-3-34-15-17-35(18-16-34)26-13-11-25(12-14-26)33-29-28-27(31-21-32-29)24(20-38-28)10-6-8-22-7-5-9-23(19-22)30(36)37-4-2/h5-7,9-14,19-21H,3-4,8,15-18H2,1-2H3,(H,31,32,33)/b10-6+. The number of carbonyl (C=O) groups excluding carboxylic acids is 1. The number of nitrogens with one attached hydrogen (secondary N) is 1. The summed E-state index contributed by atoms with van der Waals surface area (Å²) in [5, 5.41) is 5.59. The smallest absolute Gasteiger partial charge is 0.338 e. The molecule has 0 bridgehead atoms. The lowest BCUT2D eigenvalue weighted by Gasteiger charge is -2.35. The van der Waals surface area contributed by atoms with Crippen molar-refractivity contribution in [2.75, 3.05) is 49.5 Å². The normalized spacial score (nSPS) is 14.3. The topological polar surface area (TPSA) is 70.6 Å². The molecule has 4 aromatic rings. The lowest BCUT2D eigenvalue weighted by molar-refractivity contribution is 0.0526. The minimum absolute atomic E-state index is 0.289. The largest absolute Gasteiger partial charge is 0.462 e. The van der Waals surface area contributed by atoms with Crippen molar-refractivity contribution in [2.24, 2.45) is 0 Å². The van der Waals surface area contributed by atoms with Crippen LogP contribution >= 0.6 is 11.3 Å². The fourth-order valence-electron chi connectivity index (χ4n) is 4.65. The molecule has 7 nitrogen and oxygen atoms in total. The Morgan fingerprint density at radius 3 is 2.66 bits per heavy atom. The van der Waals surface area contributed by atoms with E-state index in [1.54, 1.807) is 23.7 Å². The predicted octanol–water partition coefficient (Wildman–Crippen LogP) is 6.01. The third kappa shape index (κ3) is 6.03. The molecule has 38 heavy (non-hydrogen) atoms. The zero-order valence-electron chi connectivity index (χ0n) is 21.9. The van der Waals surface area contributed by atoms with Crippen LogP contribution in [0.25, 0.3) is 16.3 Å². The molecule has 0 spiro atoms. The van der Waals surface area contributed by atoms with E-state index in [4.69, 9.17) is 4.74 Å². The Bertz CT molecular complexity index is 1410. The number of piperazine rings is 1. The number of hydrogen-bond acceptors (Lipinski definition) is 8. The number of ether oxygens (including phenoxy) is 1. The molecular weight excluding hydrogens is 494 g/mol. The van der Waals surface area contributed by atoms with Crippen molar-refractivity contribution in [3.63, 3.8) is 0 Å². The van der Waals surface area contributed by atoms with Gasteiger partial charge in [-0.2, -0.15) is 0 Å². The summed E-state index contributed by atoms with van der Waals surface area (Å²) < 4.78 is 6.13. The second-order valence-corrected chi connectivity index (χ2v) is 10.1. The van der Waals surface area contributed by atoms with Crippen LogP contribution in [0.5, 0.6) is 0 Å². The van der Waals surface area contributed by atoms with Crippen molar-refractivity contribution in [1.82, 2.24) is 14.9 Å². The van der Waals surface area contributed by atoms with E-state index >= 15 is 0 Å². The van der Waals surface area contributed by atoms with Gasteiger partial charge in [-0.15, -0.1) is 11.3 Å². The highest BCUT2D eigenvalue weighted by Gasteiger charge is 2.16. The van der Waals surface area contributed by atoms with Gasteiger partial charge in [0.2, 0.25) is 0 Å². The maximum Gasteiger partial charge on any atom is 0.338 e. The highest BCUT2D eigenvalue weighted by Crippen LogP contribution is 2.32. The summed E-state index contributed by atoms with van der Waals surface area (Å²) in [6.07, 6.45) is 6.50. The van der Waals surface area contributed by atoms with Gasteiger partial charge in [0.1, 0.15) is 6.33 Å². The first kappa shape index (κ1) is 25.9. The molecule has 8 heteroatoms. The summed E-state index contributed by atoms with van der Waals surface area (Å²) in [7, 11) is 0. The fraction of sp³-hybridized carbons (Fsp3) is 0.300. The Balaban J connectivity index is 1.25. The first-order chi connectivity index (χ1) is 18.6. The van der Waals surface area contributed by atoms with Gasteiger partial charge in [0.15, 0.2) is 5.82 Å². The Morgan fingerprint density at radius 2 is 1.89 bits per heavy atom. The molecule has 0 atom stereocenters. The number of carbonyl (C=O) groups is 1. The molecule has 0 saturated carbocycles. The summed E-state index contributed by atoms with van der Waals surface area (Å²) in [5.41, 5.74) is 5.88. The van der Waals surface area contributed by atoms with E-state index in [9.17, 15) is 4.79 Å². The SMILES string of the molecule is CCOC(=O)c1cccc(C/C=C/c2csc3c(Nc4ccc(N5CCN(CC)CC5)cc4)ncnc23)c1. The van der Waals surface area contributed by atoms with Gasteiger partial charge in [-0.25, -0.2) is 14.8 Å². The number of rotatable bonds is 9. The zero-order valence-corrected chi connectivity index (χ0v) is 22.7. The van der Waals surface area contributed by atoms with Gasteiger partial charge in [0.25, 0.3) is 0 Å². The summed E-state index contributed by atoms with van der Waals surface area (Å²) in [4.78, 5) is 26.0. The van der Waals surface area contributed by atoms with Crippen molar-refractivity contribution in [3.8, 4) is 0 Å². The van der Waals surface area contributed by atoms with Crippen LogP contribution in [0.3, 0.4) is 0 Å². The highest BCUT2D eigenvalue weighted by atomic mass is 32.1. The van der Waals surface area contributed by atoms with Crippen LogP contribution in [0.4, 0.5) is 17.2 Å². The van der Waals surface area contributed by atoms with Crippen LogP contribution in [0.15, 0.2) is 66.3 Å². The number of nitrogens with zero attached hydrogens (tertiary/aromatic N) is 4. The average molecular weight is 528 g/mol. The second kappa shape index (κ2) is 12.2. The predicted molar refractivity (Wildman–Crippen MR) is 157 cm³/mol. The number of fused-ring (bicyclic) bond motifs is 1. The van der Waals surface area contributed by atoms with Gasteiger partial charge in [0.05, 0.1) is 22.4 Å². The molecule has 1 fully saturated rings. The van der Waals surface area contributed by atoms with Gasteiger partial charge in [-0.3, -0.25) is 0 Å². The lowest BCUT2D eigenvalue weighted by Crippen LogP contribution is -2.46. The van der Waals surface area contributed by atoms with Crippen LogP contribution in [-0.2, 0) is 11.2 Å². The van der Waals surface area contributed by atoms with E-state index in [0.29, 0.717) is 18.6 Å². The van der Waals surface area contributed by atoms with Crippen LogP contribution < -0.4 is 10.2 Å². The van der Waals surface area contributed by atoms with Crippen molar-refractivity contribution in [3.05, 3.63) is 83.0 Å². The lowest BCUT2D eigenvalue weighted by atomic mass is 10.1. The van der Waals surface area contributed by atoms with Crippen LogP contribution in [-0.4, -0.2) is 60.2 Å². The van der Waals surface area contributed by atoms with E-state index in [2.05, 4.69) is 73.8 Å². The maximum atomic E-state index is 12.0. The molecule has 5 rings (SSSR count). The Kier molecular flexibility index (Phi) is 8.31. The fourth-order valence-corrected chi connectivity index (χ4v) is 5.59. The summed E-state index contributed by atoms with van der Waals surface area (Å²) >= 11 is 1.63. The van der Waals surface area contributed by atoms with Gasteiger partial charge in [0, 0.05) is 48.5 Å². The third-order valence-electron chi connectivity index (χ3n) is 6.78. The van der Waals surface area contributed by atoms with Gasteiger partial charge >= 0.3 is 5.97 Å². The molecule has 1 saturated heterocycles. The van der Waals surface area contributed by atoms with E-state index in [-0.39, 0.29) is 5.97 Å². The van der Waals surface area contributed by atoms with E-state index in [1.165, 1.54) is 5.69 Å². The number of benzene rings is 2. The number of esters is 1. The Morgan fingerprint density at radius 1 is 1.08 bits per heavy atom. The molecule has 3 heterocycles. The average Bonchev–Trinajstić information content (AvgIpc) is 3.38. The van der Waals surface area contributed by atoms with Crippen LogP contribution in [0, 0.1) is 0 Å². The molecule has 1 aliphatic heterocycles. The monoisotopic (exact) mass is 527 g/mol.